The van der Waals surface area contributed by atoms with Gasteiger partial charge in [-0.1, -0.05) is 24.3 Å². The van der Waals surface area contributed by atoms with Gasteiger partial charge in [0.25, 0.3) is 11.6 Å². The smallest absolute Gasteiger partial charge is 0.306 e. The summed E-state index contributed by atoms with van der Waals surface area (Å²) in [6.45, 7) is 0. The van der Waals surface area contributed by atoms with Gasteiger partial charge in [-0.15, -0.1) is 11.3 Å². The Kier molecular flexibility index (Phi) is 3.37. The molecule has 3 aromatic rings. The lowest BCUT2D eigenvalue weighted by Crippen LogP contribution is -2.55. The SMILES string of the molecule is O=C1Nc2ccc([N+](=O)[O-])cc2C12Oc1ccccc1C1CC(c3cccs3)=NN12. The molecule has 1 N–H and O–H groups in total. The highest BCUT2D eigenvalue weighted by Crippen LogP contribution is 2.54. The fraction of sp³-hybridized carbons (Fsp3) is 0.143. The Bertz CT molecular complexity index is 1260. The second-order valence-electron chi connectivity index (χ2n) is 7.31. The number of rotatable bonds is 2. The number of nitro groups is 1. The molecule has 2 unspecified atom stereocenters. The number of carbonyl (C=O) groups excluding carboxylic acids is 1. The molecule has 8 nitrogen and oxygen atoms in total. The van der Waals surface area contributed by atoms with E-state index in [1.165, 1.54) is 12.1 Å². The van der Waals surface area contributed by atoms with Crippen molar-refractivity contribution in [1.29, 1.82) is 0 Å². The van der Waals surface area contributed by atoms with Gasteiger partial charge in [-0.25, -0.2) is 5.01 Å². The second-order valence-corrected chi connectivity index (χ2v) is 8.26. The molecule has 0 aliphatic carbocycles. The maximum absolute atomic E-state index is 13.3. The zero-order valence-electron chi connectivity index (χ0n) is 15.4. The molecule has 1 aromatic heterocycles. The lowest BCUT2D eigenvalue weighted by atomic mass is 9.93. The van der Waals surface area contributed by atoms with Gasteiger partial charge in [-0.3, -0.25) is 14.9 Å². The zero-order valence-corrected chi connectivity index (χ0v) is 16.3. The third-order valence-corrected chi connectivity index (χ3v) is 6.63. The van der Waals surface area contributed by atoms with Gasteiger partial charge in [0.1, 0.15) is 5.75 Å². The average molecular weight is 418 g/mol. The van der Waals surface area contributed by atoms with Crippen LogP contribution in [0.25, 0.3) is 0 Å². The number of benzene rings is 2. The predicted octanol–water partition coefficient (Wildman–Crippen LogP) is 4.00. The van der Waals surface area contributed by atoms with Crippen LogP contribution < -0.4 is 10.1 Å². The Balaban J connectivity index is 1.60. The van der Waals surface area contributed by atoms with E-state index in [1.807, 2.05) is 41.8 Å². The summed E-state index contributed by atoms with van der Waals surface area (Å²) in [5, 5.41) is 22.7. The van der Waals surface area contributed by atoms with Gasteiger partial charge < -0.3 is 10.1 Å². The van der Waals surface area contributed by atoms with Crippen molar-refractivity contribution in [3.05, 3.63) is 86.1 Å². The molecule has 0 saturated heterocycles. The Hall–Kier alpha value is -3.72. The van der Waals surface area contributed by atoms with E-state index in [9.17, 15) is 14.9 Å². The third kappa shape index (κ3) is 2.15. The molecule has 3 aliphatic heterocycles. The van der Waals surface area contributed by atoms with Gasteiger partial charge in [0, 0.05) is 24.1 Å². The maximum Gasteiger partial charge on any atom is 0.306 e. The van der Waals surface area contributed by atoms with Crippen molar-refractivity contribution in [2.75, 3.05) is 5.32 Å². The van der Waals surface area contributed by atoms with Crippen LogP contribution >= 0.6 is 11.3 Å². The topological polar surface area (TPSA) is 97.1 Å². The maximum atomic E-state index is 13.3. The summed E-state index contributed by atoms with van der Waals surface area (Å²) < 4.78 is 6.32. The molecule has 0 bridgehead atoms. The van der Waals surface area contributed by atoms with Crippen molar-refractivity contribution in [3.8, 4) is 5.75 Å². The van der Waals surface area contributed by atoms with E-state index in [-0.39, 0.29) is 11.7 Å². The van der Waals surface area contributed by atoms with Gasteiger partial charge in [-0.05, 0) is 23.6 Å². The van der Waals surface area contributed by atoms with Crippen molar-refractivity contribution in [1.82, 2.24) is 5.01 Å². The van der Waals surface area contributed by atoms with Crippen molar-refractivity contribution in [2.45, 2.75) is 18.2 Å². The van der Waals surface area contributed by atoms with Crippen LogP contribution in [0.3, 0.4) is 0 Å². The predicted molar refractivity (Wildman–Crippen MR) is 111 cm³/mol. The molecule has 0 saturated carbocycles. The summed E-state index contributed by atoms with van der Waals surface area (Å²) >= 11 is 1.58. The average Bonchev–Trinajstić information content (AvgIpc) is 3.47. The molecule has 148 valence electrons. The number of thiophene rings is 1. The first kappa shape index (κ1) is 17.2. The van der Waals surface area contributed by atoms with Gasteiger partial charge in [0.05, 0.1) is 32.8 Å². The summed E-state index contributed by atoms with van der Waals surface area (Å²) in [5.41, 5.74) is 0.983. The summed E-state index contributed by atoms with van der Waals surface area (Å²) in [4.78, 5) is 25.3. The van der Waals surface area contributed by atoms with Crippen molar-refractivity contribution in [3.63, 3.8) is 0 Å². The van der Waals surface area contributed by atoms with Crippen LogP contribution in [0.1, 0.15) is 28.5 Å². The number of anilines is 1. The Morgan fingerprint density at radius 3 is 2.90 bits per heavy atom. The van der Waals surface area contributed by atoms with E-state index >= 15 is 0 Å². The minimum absolute atomic E-state index is 0.106. The molecule has 1 amide bonds. The number of nitrogens with zero attached hydrogens (tertiary/aromatic N) is 3. The lowest BCUT2D eigenvalue weighted by molar-refractivity contribution is -0.385. The van der Waals surface area contributed by atoms with Crippen molar-refractivity contribution in [2.24, 2.45) is 5.10 Å². The second kappa shape index (κ2) is 5.90. The molecule has 6 rings (SSSR count). The number of hydrogen-bond acceptors (Lipinski definition) is 7. The molecule has 0 radical (unpaired) electrons. The van der Waals surface area contributed by atoms with Crippen LogP contribution in [0.15, 0.2) is 65.1 Å². The molecule has 0 fully saturated rings. The van der Waals surface area contributed by atoms with Crippen LogP contribution in [-0.4, -0.2) is 21.6 Å². The monoisotopic (exact) mass is 418 g/mol. The molecule has 4 heterocycles. The normalized spacial score (nSPS) is 23.3. The van der Waals surface area contributed by atoms with Crippen LogP contribution in [-0.2, 0) is 10.5 Å². The first-order valence-corrected chi connectivity index (χ1v) is 10.2. The minimum Gasteiger partial charge on any atom is -0.453 e. The summed E-state index contributed by atoms with van der Waals surface area (Å²) in [6, 6.07) is 15.6. The fourth-order valence-electron chi connectivity index (χ4n) is 4.38. The van der Waals surface area contributed by atoms with E-state index in [4.69, 9.17) is 9.84 Å². The zero-order chi connectivity index (χ0) is 20.5. The standard InChI is InChI=1S/C21H14N4O4S/c26-20-21(14-10-12(25(27)28)7-8-15(14)22-20)24-17(13-4-1-2-5-18(13)29-21)11-16(23-24)19-6-3-9-30-19/h1-10,17H,11H2,(H,22,26). The van der Waals surface area contributed by atoms with E-state index < -0.39 is 16.6 Å². The van der Waals surface area contributed by atoms with Gasteiger partial charge >= 0.3 is 5.72 Å². The van der Waals surface area contributed by atoms with E-state index in [0.717, 1.165) is 16.2 Å². The fourth-order valence-corrected chi connectivity index (χ4v) is 5.10. The quantitative estimate of drug-likeness (QED) is 0.501. The molecular formula is C21H14N4O4S. The molecule has 1 spiro atoms. The van der Waals surface area contributed by atoms with Crippen molar-refractivity contribution < 1.29 is 14.5 Å². The van der Waals surface area contributed by atoms with Crippen molar-refractivity contribution >= 4 is 34.3 Å². The highest BCUT2D eigenvalue weighted by molar-refractivity contribution is 7.12. The van der Waals surface area contributed by atoms with E-state index in [0.29, 0.717) is 23.4 Å². The molecule has 2 atom stereocenters. The van der Waals surface area contributed by atoms with Gasteiger partial charge in [0.2, 0.25) is 0 Å². The molecular weight excluding hydrogens is 404 g/mol. The highest BCUT2D eigenvalue weighted by atomic mass is 32.1. The molecule has 2 aromatic carbocycles. The first-order chi connectivity index (χ1) is 14.6. The molecule has 9 heteroatoms. The minimum atomic E-state index is -1.60. The number of amides is 1. The van der Waals surface area contributed by atoms with Gasteiger partial charge in [0.15, 0.2) is 0 Å². The van der Waals surface area contributed by atoms with Crippen LogP contribution in [0.2, 0.25) is 0 Å². The summed E-state index contributed by atoms with van der Waals surface area (Å²) in [6.07, 6.45) is 0.611. The van der Waals surface area contributed by atoms with Crippen LogP contribution in [0.4, 0.5) is 11.4 Å². The first-order valence-electron chi connectivity index (χ1n) is 9.37. The number of fused-ring (bicyclic) bond motifs is 6. The van der Waals surface area contributed by atoms with E-state index in [2.05, 4.69) is 5.32 Å². The number of ether oxygens (including phenoxy) is 1. The third-order valence-electron chi connectivity index (χ3n) is 5.71. The van der Waals surface area contributed by atoms with E-state index in [1.54, 1.807) is 22.4 Å². The number of nitro benzene ring substituents is 1. The lowest BCUT2D eigenvalue weighted by Gasteiger charge is -2.43. The number of carbonyl (C=O) groups is 1. The number of nitrogens with one attached hydrogen (secondary N) is 1. The number of hydrogen-bond donors (Lipinski definition) is 1. The number of hydrazone groups is 1. The van der Waals surface area contributed by atoms with Gasteiger partial charge in [-0.2, -0.15) is 5.10 Å². The summed E-state index contributed by atoms with van der Waals surface area (Å²) in [7, 11) is 0. The largest absolute Gasteiger partial charge is 0.453 e. The summed E-state index contributed by atoms with van der Waals surface area (Å²) in [5.74, 6) is 0.171. The molecule has 3 aliphatic rings. The number of non-ortho nitro benzene ring substituents is 1. The molecule has 30 heavy (non-hydrogen) atoms. The Morgan fingerprint density at radius 1 is 1.23 bits per heavy atom. The van der Waals surface area contributed by atoms with Crippen LogP contribution in [0.5, 0.6) is 5.75 Å². The number of para-hydroxylation sites is 1. The highest BCUT2D eigenvalue weighted by Gasteiger charge is 2.61. The Morgan fingerprint density at radius 2 is 2.10 bits per heavy atom. The Labute approximate surface area is 174 Å². The van der Waals surface area contributed by atoms with Crippen LogP contribution in [0, 0.1) is 10.1 Å².